The lowest BCUT2D eigenvalue weighted by Crippen LogP contribution is -2.48. The molecule has 6 heteroatoms. The quantitative estimate of drug-likeness (QED) is 0.591. The second-order valence-electron chi connectivity index (χ2n) is 8.06. The van der Waals surface area contributed by atoms with Gasteiger partial charge in [-0.2, -0.15) is 5.10 Å². The Bertz CT molecular complexity index is 1080. The van der Waals surface area contributed by atoms with Crippen molar-refractivity contribution in [2.45, 2.75) is 39.9 Å². The standard InChI is InChI=1S/C24H26ClN3O2/c1-15-9-10-16(2)22(11-15)28-23(24(29)27-13-17(3)30-18(4)14-27)12-21(26-28)19-7-5-6-8-20(19)25/h5-12,17-18H,13-14H2,1-4H3/t17-,18-/m1/s1. The first-order valence-electron chi connectivity index (χ1n) is 10.2. The van der Waals surface area contributed by atoms with Crippen LogP contribution in [0.2, 0.25) is 5.02 Å². The molecule has 0 N–H and O–H groups in total. The minimum atomic E-state index is -0.0521. The van der Waals surface area contributed by atoms with Crippen LogP contribution in [0.4, 0.5) is 0 Å². The Morgan fingerprint density at radius 2 is 1.77 bits per heavy atom. The van der Waals surface area contributed by atoms with Gasteiger partial charge in [0, 0.05) is 18.7 Å². The summed E-state index contributed by atoms with van der Waals surface area (Å²) in [7, 11) is 0. The fraction of sp³-hybridized carbons (Fsp3) is 0.333. The van der Waals surface area contributed by atoms with Gasteiger partial charge in [0.25, 0.3) is 5.91 Å². The maximum atomic E-state index is 13.6. The highest BCUT2D eigenvalue weighted by atomic mass is 35.5. The first kappa shape index (κ1) is 20.6. The summed E-state index contributed by atoms with van der Waals surface area (Å²) in [6.45, 7) is 9.17. The molecule has 1 amide bonds. The van der Waals surface area contributed by atoms with Gasteiger partial charge in [-0.05, 0) is 57.0 Å². The number of amides is 1. The van der Waals surface area contributed by atoms with E-state index in [9.17, 15) is 4.79 Å². The molecule has 0 aliphatic carbocycles. The van der Waals surface area contributed by atoms with Gasteiger partial charge in [0.15, 0.2) is 0 Å². The van der Waals surface area contributed by atoms with Crippen LogP contribution in [-0.2, 0) is 4.74 Å². The molecule has 3 aromatic rings. The van der Waals surface area contributed by atoms with E-state index in [1.807, 2.05) is 62.9 Å². The van der Waals surface area contributed by atoms with Gasteiger partial charge in [-0.25, -0.2) is 4.68 Å². The lowest BCUT2D eigenvalue weighted by Gasteiger charge is -2.35. The predicted molar refractivity (Wildman–Crippen MR) is 119 cm³/mol. The lowest BCUT2D eigenvalue weighted by atomic mass is 10.1. The van der Waals surface area contributed by atoms with Gasteiger partial charge < -0.3 is 9.64 Å². The third-order valence-corrected chi connectivity index (χ3v) is 5.71. The fourth-order valence-electron chi connectivity index (χ4n) is 3.97. The number of carbonyl (C=O) groups is 1. The van der Waals surface area contributed by atoms with Gasteiger partial charge in [0.2, 0.25) is 0 Å². The zero-order valence-electron chi connectivity index (χ0n) is 17.7. The number of rotatable bonds is 3. The number of carbonyl (C=O) groups excluding carboxylic acids is 1. The molecule has 1 fully saturated rings. The summed E-state index contributed by atoms with van der Waals surface area (Å²) in [5.41, 5.74) is 5.07. The molecule has 0 radical (unpaired) electrons. The minimum Gasteiger partial charge on any atom is -0.372 e. The molecule has 2 heterocycles. The van der Waals surface area contributed by atoms with Gasteiger partial charge in [-0.1, -0.05) is 41.9 Å². The number of aromatic nitrogens is 2. The Balaban J connectivity index is 1.85. The molecule has 0 bridgehead atoms. The average molecular weight is 424 g/mol. The third kappa shape index (κ3) is 4.00. The van der Waals surface area contributed by atoms with Crippen molar-refractivity contribution in [1.82, 2.24) is 14.7 Å². The van der Waals surface area contributed by atoms with E-state index in [1.54, 1.807) is 4.68 Å². The Kier molecular flexibility index (Phi) is 5.67. The van der Waals surface area contributed by atoms with Gasteiger partial charge in [-0.3, -0.25) is 4.79 Å². The Morgan fingerprint density at radius 1 is 1.07 bits per heavy atom. The number of benzene rings is 2. The van der Waals surface area contributed by atoms with Crippen molar-refractivity contribution >= 4 is 17.5 Å². The summed E-state index contributed by atoms with van der Waals surface area (Å²) in [6.07, 6.45) is -0.00405. The van der Waals surface area contributed by atoms with E-state index in [0.29, 0.717) is 29.5 Å². The summed E-state index contributed by atoms with van der Waals surface area (Å²) in [6, 6.07) is 15.6. The number of morpholine rings is 1. The number of nitrogens with zero attached hydrogens (tertiary/aromatic N) is 3. The van der Waals surface area contributed by atoms with Gasteiger partial charge >= 0.3 is 0 Å². The SMILES string of the molecule is Cc1ccc(C)c(-n2nc(-c3ccccc3Cl)cc2C(=O)N2C[C@@H](C)O[C@H](C)C2)c1. The Labute approximate surface area is 182 Å². The van der Waals surface area contributed by atoms with Crippen LogP contribution in [0.15, 0.2) is 48.5 Å². The summed E-state index contributed by atoms with van der Waals surface area (Å²) in [5.74, 6) is -0.0521. The zero-order chi connectivity index (χ0) is 21.4. The van der Waals surface area contributed by atoms with E-state index in [2.05, 4.69) is 18.2 Å². The molecule has 0 saturated carbocycles. The van der Waals surface area contributed by atoms with Gasteiger partial charge in [0.05, 0.1) is 28.6 Å². The molecule has 1 aliphatic heterocycles. The molecule has 0 unspecified atom stereocenters. The van der Waals surface area contributed by atoms with Crippen molar-refractivity contribution < 1.29 is 9.53 Å². The number of hydrogen-bond donors (Lipinski definition) is 0. The zero-order valence-corrected chi connectivity index (χ0v) is 18.5. The van der Waals surface area contributed by atoms with E-state index in [4.69, 9.17) is 21.4 Å². The molecule has 0 spiro atoms. The number of aryl methyl sites for hydroxylation is 2. The second kappa shape index (κ2) is 8.25. The van der Waals surface area contributed by atoms with Crippen LogP contribution in [0.25, 0.3) is 16.9 Å². The van der Waals surface area contributed by atoms with E-state index in [-0.39, 0.29) is 18.1 Å². The van der Waals surface area contributed by atoms with E-state index < -0.39 is 0 Å². The summed E-state index contributed by atoms with van der Waals surface area (Å²) in [5, 5.41) is 5.43. The number of halogens is 1. The van der Waals surface area contributed by atoms with Gasteiger partial charge in [-0.15, -0.1) is 0 Å². The Hall–Kier alpha value is -2.63. The highest BCUT2D eigenvalue weighted by Gasteiger charge is 2.30. The topological polar surface area (TPSA) is 47.4 Å². The molecule has 1 aromatic heterocycles. The maximum Gasteiger partial charge on any atom is 0.272 e. The van der Waals surface area contributed by atoms with Crippen molar-refractivity contribution in [3.63, 3.8) is 0 Å². The predicted octanol–water partition coefficient (Wildman–Crippen LogP) is 5.06. The van der Waals surface area contributed by atoms with Crippen LogP contribution in [0.3, 0.4) is 0 Å². The van der Waals surface area contributed by atoms with Crippen LogP contribution in [0.1, 0.15) is 35.5 Å². The van der Waals surface area contributed by atoms with Gasteiger partial charge in [0.1, 0.15) is 5.69 Å². The number of hydrogen-bond acceptors (Lipinski definition) is 3. The first-order valence-corrected chi connectivity index (χ1v) is 10.6. The van der Waals surface area contributed by atoms with Crippen LogP contribution < -0.4 is 0 Å². The molecular formula is C24H26ClN3O2. The van der Waals surface area contributed by atoms with Crippen LogP contribution in [-0.4, -0.2) is 45.9 Å². The highest BCUT2D eigenvalue weighted by Crippen LogP contribution is 2.30. The smallest absolute Gasteiger partial charge is 0.272 e. The molecule has 1 aliphatic rings. The van der Waals surface area contributed by atoms with Crippen molar-refractivity contribution in [2.75, 3.05) is 13.1 Å². The maximum absolute atomic E-state index is 13.6. The lowest BCUT2D eigenvalue weighted by molar-refractivity contribution is -0.0588. The van der Waals surface area contributed by atoms with Crippen molar-refractivity contribution in [2.24, 2.45) is 0 Å². The Morgan fingerprint density at radius 3 is 2.47 bits per heavy atom. The molecule has 4 rings (SSSR count). The van der Waals surface area contributed by atoms with E-state index in [0.717, 1.165) is 22.4 Å². The first-order chi connectivity index (χ1) is 14.3. The molecule has 30 heavy (non-hydrogen) atoms. The van der Waals surface area contributed by atoms with Crippen molar-refractivity contribution in [3.05, 3.63) is 70.4 Å². The van der Waals surface area contributed by atoms with Crippen LogP contribution in [0.5, 0.6) is 0 Å². The normalized spacial score (nSPS) is 19.2. The summed E-state index contributed by atoms with van der Waals surface area (Å²) >= 11 is 6.43. The summed E-state index contributed by atoms with van der Waals surface area (Å²) < 4.78 is 7.57. The fourth-order valence-corrected chi connectivity index (χ4v) is 4.20. The molecule has 2 atom stereocenters. The minimum absolute atomic E-state index is 0.00202. The molecular weight excluding hydrogens is 398 g/mol. The number of ether oxygens (including phenoxy) is 1. The largest absolute Gasteiger partial charge is 0.372 e. The molecule has 1 saturated heterocycles. The van der Waals surface area contributed by atoms with Crippen LogP contribution >= 0.6 is 11.6 Å². The monoisotopic (exact) mass is 423 g/mol. The van der Waals surface area contributed by atoms with Crippen molar-refractivity contribution in [1.29, 1.82) is 0 Å². The van der Waals surface area contributed by atoms with E-state index >= 15 is 0 Å². The molecule has 156 valence electrons. The molecule has 2 aromatic carbocycles. The molecule has 5 nitrogen and oxygen atoms in total. The van der Waals surface area contributed by atoms with Crippen molar-refractivity contribution in [3.8, 4) is 16.9 Å². The third-order valence-electron chi connectivity index (χ3n) is 5.38. The summed E-state index contributed by atoms with van der Waals surface area (Å²) in [4.78, 5) is 15.4. The average Bonchev–Trinajstić information content (AvgIpc) is 3.13. The second-order valence-corrected chi connectivity index (χ2v) is 8.47. The highest BCUT2D eigenvalue weighted by molar-refractivity contribution is 6.33. The van der Waals surface area contributed by atoms with Crippen LogP contribution in [0, 0.1) is 13.8 Å². The van der Waals surface area contributed by atoms with E-state index in [1.165, 1.54) is 0 Å².